The van der Waals surface area contributed by atoms with Gasteiger partial charge in [-0.2, -0.15) is 0 Å². The summed E-state index contributed by atoms with van der Waals surface area (Å²) >= 11 is 0. The van der Waals surface area contributed by atoms with Gasteiger partial charge in [0.2, 0.25) is 0 Å². The van der Waals surface area contributed by atoms with Crippen LogP contribution < -0.4 is 0 Å². The van der Waals surface area contributed by atoms with E-state index in [9.17, 15) is 0 Å². The monoisotopic (exact) mass is 167 g/mol. The maximum atomic E-state index is 4.57. The van der Waals surface area contributed by atoms with E-state index >= 15 is 0 Å². The van der Waals surface area contributed by atoms with Crippen molar-refractivity contribution in [3.05, 3.63) is 47.6 Å². The Labute approximate surface area is 77.1 Å². The summed E-state index contributed by atoms with van der Waals surface area (Å²) in [4.78, 5) is 4.57. The molecule has 1 heterocycles. The molecule has 0 saturated heterocycles. The summed E-state index contributed by atoms with van der Waals surface area (Å²) in [6.07, 6.45) is 7.43. The normalized spacial score (nSPS) is 24.0. The molecule has 62 valence electrons. The topological polar surface area (TPSA) is 12.4 Å². The first-order valence-electron chi connectivity index (χ1n) is 4.48. The molecule has 1 aromatic rings. The maximum Gasteiger partial charge on any atom is 0.0705 e. The van der Waals surface area contributed by atoms with Crippen molar-refractivity contribution in [3.8, 4) is 0 Å². The minimum Gasteiger partial charge on any atom is -0.252 e. The first kappa shape index (κ1) is 6.84. The number of aliphatic imine (C=N–C) groups is 1. The Morgan fingerprint density at radius 1 is 1.15 bits per heavy atom. The third-order valence-electron chi connectivity index (χ3n) is 2.37. The van der Waals surface area contributed by atoms with Crippen molar-refractivity contribution in [3.63, 3.8) is 0 Å². The summed E-state index contributed by atoms with van der Waals surface area (Å²) in [5.74, 6) is 0. The second kappa shape index (κ2) is 2.43. The van der Waals surface area contributed by atoms with Crippen LogP contribution in [0.4, 0.5) is 5.69 Å². The number of benzene rings is 1. The predicted molar refractivity (Wildman–Crippen MR) is 55.3 cm³/mol. The molecular formula is C12H9N. The van der Waals surface area contributed by atoms with E-state index in [2.05, 4.69) is 35.4 Å². The van der Waals surface area contributed by atoms with Gasteiger partial charge in [-0.3, -0.25) is 4.99 Å². The van der Waals surface area contributed by atoms with Gasteiger partial charge >= 0.3 is 0 Å². The summed E-state index contributed by atoms with van der Waals surface area (Å²) in [6.45, 7) is 0. The fraction of sp³-hybridized carbons (Fsp3) is 0.0833. The molecule has 0 N–H and O–H groups in total. The highest BCUT2D eigenvalue weighted by Gasteiger charge is 2.23. The molecule has 0 unspecified atom stereocenters. The van der Waals surface area contributed by atoms with Crippen molar-refractivity contribution in [2.45, 2.75) is 6.42 Å². The lowest BCUT2D eigenvalue weighted by atomic mass is 10.1. The van der Waals surface area contributed by atoms with E-state index in [-0.39, 0.29) is 0 Å². The van der Waals surface area contributed by atoms with Gasteiger partial charge in [0.15, 0.2) is 0 Å². The van der Waals surface area contributed by atoms with Gasteiger partial charge < -0.3 is 0 Å². The van der Waals surface area contributed by atoms with Crippen LogP contribution in [0.15, 0.2) is 47.0 Å². The van der Waals surface area contributed by atoms with E-state index in [0.717, 1.165) is 12.1 Å². The van der Waals surface area contributed by atoms with Crippen LogP contribution in [0.25, 0.3) is 6.08 Å². The van der Waals surface area contributed by atoms with Gasteiger partial charge in [0.1, 0.15) is 0 Å². The van der Waals surface area contributed by atoms with Gasteiger partial charge in [0, 0.05) is 17.7 Å². The Balaban J connectivity index is 2.22. The molecule has 1 nitrogen and oxygen atoms in total. The van der Waals surface area contributed by atoms with E-state index in [1.54, 1.807) is 0 Å². The van der Waals surface area contributed by atoms with Crippen LogP contribution in [0.3, 0.4) is 0 Å². The van der Waals surface area contributed by atoms with E-state index in [1.165, 1.54) is 16.8 Å². The van der Waals surface area contributed by atoms with Gasteiger partial charge in [0.25, 0.3) is 0 Å². The Kier molecular flexibility index (Phi) is 1.28. The largest absolute Gasteiger partial charge is 0.252 e. The summed E-state index contributed by atoms with van der Waals surface area (Å²) in [5.41, 5.74) is 4.93. The number of hydrogen-bond donors (Lipinski definition) is 0. The fourth-order valence-electron chi connectivity index (χ4n) is 1.55. The fourth-order valence-corrected chi connectivity index (χ4v) is 1.55. The van der Waals surface area contributed by atoms with E-state index < -0.39 is 0 Å². The molecule has 1 aliphatic carbocycles. The highest BCUT2D eigenvalue weighted by molar-refractivity contribution is 6.19. The molecule has 0 spiro atoms. The molecule has 0 atom stereocenters. The lowest BCUT2D eigenvalue weighted by molar-refractivity contribution is 1.50. The van der Waals surface area contributed by atoms with E-state index in [4.69, 9.17) is 0 Å². The molecule has 0 bridgehead atoms. The zero-order chi connectivity index (χ0) is 8.67. The number of para-hydroxylation sites is 1. The molecular weight excluding hydrogens is 158 g/mol. The molecule has 1 heteroatoms. The predicted octanol–water partition coefficient (Wildman–Crippen LogP) is 3.12. The smallest absolute Gasteiger partial charge is 0.0705 e. The average Bonchev–Trinajstić information content (AvgIpc) is 2.84. The summed E-state index contributed by atoms with van der Waals surface area (Å²) < 4.78 is 0. The van der Waals surface area contributed by atoms with Gasteiger partial charge in [-0.15, -0.1) is 0 Å². The zero-order valence-electron chi connectivity index (χ0n) is 7.20. The quantitative estimate of drug-likeness (QED) is 0.563. The van der Waals surface area contributed by atoms with Crippen LogP contribution >= 0.6 is 0 Å². The summed E-state index contributed by atoms with van der Waals surface area (Å²) in [5, 5.41) is 0. The highest BCUT2D eigenvalue weighted by Crippen LogP contribution is 2.32. The number of nitrogens with zero attached hydrogens (tertiary/aromatic N) is 1. The Morgan fingerprint density at radius 2 is 2.08 bits per heavy atom. The van der Waals surface area contributed by atoms with E-state index in [0.29, 0.717) is 0 Å². The summed E-state index contributed by atoms with van der Waals surface area (Å²) in [6, 6.07) is 8.23. The number of fused-ring (bicyclic) bond motifs is 2. The minimum absolute atomic E-state index is 1.07. The Bertz CT molecular complexity index is 450. The molecule has 13 heavy (non-hydrogen) atoms. The van der Waals surface area contributed by atoms with Crippen LogP contribution in [0.1, 0.15) is 12.0 Å². The van der Waals surface area contributed by atoms with Crippen molar-refractivity contribution in [2.24, 2.45) is 4.99 Å². The molecule has 2 aliphatic rings. The Hall–Kier alpha value is -1.63. The molecule has 0 radical (unpaired) electrons. The second-order valence-corrected chi connectivity index (χ2v) is 3.35. The molecule has 3 rings (SSSR count). The van der Waals surface area contributed by atoms with E-state index in [1.807, 2.05) is 12.1 Å². The SMILES string of the molecule is C1=C\c2ccccc2N=C2C/C2=C/1. The molecule has 1 aromatic carbocycles. The molecule has 1 saturated carbocycles. The van der Waals surface area contributed by atoms with Crippen LogP contribution in [0, 0.1) is 0 Å². The lowest BCUT2D eigenvalue weighted by Gasteiger charge is -1.99. The highest BCUT2D eigenvalue weighted by atomic mass is 14.8. The van der Waals surface area contributed by atoms with Crippen molar-refractivity contribution in [1.29, 1.82) is 0 Å². The first-order valence-corrected chi connectivity index (χ1v) is 4.48. The van der Waals surface area contributed by atoms with Crippen LogP contribution in [0.5, 0.6) is 0 Å². The molecule has 0 aromatic heterocycles. The maximum absolute atomic E-state index is 4.57. The van der Waals surface area contributed by atoms with Crippen molar-refractivity contribution in [1.82, 2.24) is 0 Å². The molecule has 1 fully saturated rings. The third-order valence-corrected chi connectivity index (χ3v) is 2.37. The van der Waals surface area contributed by atoms with Gasteiger partial charge in [0.05, 0.1) is 5.69 Å². The van der Waals surface area contributed by atoms with Gasteiger partial charge in [-0.25, -0.2) is 0 Å². The van der Waals surface area contributed by atoms with Crippen molar-refractivity contribution >= 4 is 17.5 Å². The second-order valence-electron chi connectivity index (χ2n) is 3.35. The van der Waals surface area contributed by atoms with Crippen molar-refractivity contribution < 1.29 is 0 Å². The van der Waals surface area contributed by atoms with Crippen LogP contribution in [-0.4, -0.2) is 5.71 Å². The average molecular weight is 167 g/mol. The first-order chi connectivity index (χ1) is 6.43. The molecule has 0 amide bonds. The number of allylic oxidation sites excluding steroid dienone is 3. The summed E-state index contributed by atoms with van der Waals surface area (Å²) in [7, 11) is 0. The van der Waals surface area contributed by atoms with Crippen LogP contribution in [0.2, 0.25) is 0 Å². The zero-order valence-corrected chi connectivity index (χ0v) is 7.20. The molecule has 1 aliphatic heterocycles. The number of rotatable bonds is 0. The minimum atomic E-state index is 1.07. The Morgan fingerprint density at radius 3 is 3.08 bits per heavy atom. The standard InChI is InChI=1S/C12H9N/c1-2-7-11-9(4-1)5-3-6-10-8-12(10)13-11/h1-7H,8H2/b5-3-,6-3?,9-5?,10-6-,13-11?,13-12?. The van der Waals surface area contributed by atoms with Gasteiger partial charge in [-0.05, 0) is 11.6 Å². The van der Waals surface area contributed by atoms with Crippen LogP contribution in [-0.2, 0) is 0 Å². The lowest BCUT2D eigenvalue weighted by Crippen LogP contribution is -1.76. The van der Waals surface area contributed by atoms with Gasteiger partial charge in [-0.1, -0.05) is 36.4 Å². The van der Waals surface area contributed by atoms with Crippen molar-refractivity contribution in [2.75, 3.05) is 0 Å². The number of hydrogen-bond acceptors (Lipinski definition) is 1. The third kappa shape index (κ3) is 1.13.